The summed E-state index contributed by atoms with van der Waals surface area (Å²) in [6.45, 7) is 5.24. The Morgan fingerprint density at radius 3 is 2.47 bits per heavy atom. The van der Waals surface area contributed by atoms with Crippen molar-refractivity contribution in [3.8, 4) is 5.75 Å². The van der Waals surface area contributed by atoms with Crippen LogP contribution in [0, 0.1) is 5.92 Å². The van der Waals surface area contributed by atoms with Crippen molar-refractivity contribution in [2.75, 3.05) is 6.61 Å². The fourth-order valence-corrected chi connectivity index (χ4v) is 1.75. The molecule has 0 saturated carbocycles. The molecule has 0 radical (unpaired) electrons. The molecule has 0 atom stereocenters. The zero-order chi connectivity index (χ0) is 12.7. The van der Waals surface area contributed by atoms with Crippen LogP contribution < -0.4 is 10.5 Å². The maximum atomic E-state index is 5.65. The molecule has 0 aliphatic heterocycles. The number of benzene rings is 1. The summed E-state index contributed by atoms with van der Waals surface area (Å²) in [5, 5.41) is 0. The highest BCUT2D eigenvalue weighted by atomic mass is 32.1. The van der Waals surface area contributed by atoms with E-state index in [4.69, 9.17) is 22.7 Å². The minimum atomic E-state index is 0.524. The molecule has 0 aliphatic rings. The van der Waals surface area contributed by atoms with Crippen LogP contribution in [0.25, 0.3) is 0 Å². The lowest BCUT2D eigenvalue weighted by molar-refractivity contribution is 0.297. The SMILES string of the molecule is CC(C)CCCOc1ccc(CC(N)=S)cc1. The van der Waals surface area contributed by atoms with E-state index in [-0.39, 0.29) is 0 Å². The van der Waals surface area contributed by atoms with Crippen molar-refractivity contribution < 1.29 is 4.74 Å². The summed E-state index contributed by atoms with van der Waals surface area (Å²) in [4.78, 5) is 0.524. The lowest BCUT2D eigenvalue weighted by Crippen LogP contribution is -2.10. The van der Waals surface area contributed by atoms with E-state index in [1.165, 1.54) is 6.42 Å². The molecule has 3 heteroatoms. The van der Waals surface area contributed by atoms with Gasteiger partial charge in [-0.05, 0) is 36.5 Å². The van der Waals surface area contributed by atoms with Crippen LogP contribution in [0.4, 0.5) is 0 Å². The number of hydrogen-bond donors (Lipinski definition) is 1. The topological polar surface area (TPSA) is 35.2 Å². The Bertz CT molecular complexity index is 346. The van der Waals surface area contributed by atoms with E-state index in [0.717, 1.165) is 30.3 Å². The molecule has 0 fully saturated rings. The van der Waals surface area contributed by atoms with Crippen LogP contribution in [0.1, 0.15) is 32.3 Å². The fourth-order valence-electron chi connectivity index (χ4n) is 1.59. The second-order valence-corrected chi connectivity index (χ2v) is 5.20. The Morgan fingerprint density at radius 1 is 1.29 bits per heavy atom. The Kier molecular flexibility index (Phi) is 5.98. The van der Waals surface area contributed by atoms with Gasteiger partial charge in [0.15, 0.2) is 0 Å². The third kappa shape index (κ3) is 6.27. The standard InChI is InChI=1S/C14H21NOS/c1-11(2)4-3-9-16-13-7-5-12(6-8-13)10-14(15)17/h5-8,11H,3-4,9-10H2,1-2H3,(H2,15,17). The molecule has 94 valence electrons. The smallest absolute Gasteiger partial charge is 0.119 e. The summed E-state index contributed by atoms with van der Waals surface area (Å²) in [7, 11) is 0. The van der Waals surface area contributed by atoms with Crippen molar-refractivity contribution in [1.29, 1.82) is 0 Å². The molecule has 2 N–H and O–H groups in total. The van der Waals surface area contributed by atoms with E-state index in [2.05, 4.69) is 13.8 Å². The molecule has 0 heterocycles. The van der Waals surface area contributed by atoms with Gasteiger partial charge in [-0.25, -0.2) is 0 Å². The van der Waals surface area contributed by atoms with Crippen LogP contribution in [-0.4, -0.2) is 11.6 Å². The van der Waals surface area contributed by atoms with Crippen LogP contribution in [0.5, 0.6) is 5.75 Å². The average molecular weight is 251 g/mol. The first-order valence-electron chi connectivity index (χ1n) is 6.08. The molecule has 1 aromatic carbocycles. The van der Waals surface area contributed by atoms with Gasteiger partial charge in [-0.2, -0.15) is 0 Å². The van der Waals surface area contributed by atoms with Gasteiger partial charge in [-0.15, -0.1) is 0 Å². The molecule has 0 bridgehead atoms. The number of hydrogen-bond acceptors (Lipinski definition) is 2. The van der Waals surface area contributed by atoms with Gasteiger partial charge in [0.05, 0.1) is 11.6 Å². The van der Waals surface area contributed by atoms with Gasteiger partial charge in [-0.3, -0.25) is 0 Å². The van der Waals surface area contributed by atoms with Crippen molar-refractivity contribution >= 4 is 17.2 Å². The van der Waals surface area contributed by atoms with E-state index in [0.29, 0.717) is 11.4 Å². The number of ether oxygens (including phenoxy) is 1. The van der Waals surface area contributed by atoms with E-state index < -0.39 is 0 Å². The third-order valence-corrected chi connectivity index (χ3v) is 2.64. The quantitative estimate of drug-likeness (QED) is 0.596. The average Bonchev–Trinajstić information content (AvgIpc) is 2.25. The monoisotopic (exact) mass is 251 g/mol. The first-order valence-corrected chi connectivity index (χ1v) is 6.49. The number of nitrogens with two attached hydrogens (primary N) is 1. The summed E-state index contributed by atoms with van der Waals surface area (Å²) in [5.41, 5.74) is 6.62. The molecular formula is C14H21NOS. The summed E-state index contributed by atoms with van der Waals surface area (Å²) < 4.78 is 5.65. The summed E-state index contributed by atoms with van der Waals surface area (Å²) in [6.07, 6.45) is 2.97. The van der Waals surface area contributed by atoms with Crippen molar-refractivity contribution in [2.45, 2.75) is 33.1 Å². The Hall–Kier alpha value is -1.09. The first kappa shape index (κ1) is 14.0. The molecule has 2 nitrogen and oxygen atoms in total. The van der Waals surface area contributed by atoms with Gasteiger partial charge in [0.1, 0.15) is 5.75 Å². The molecular weight excluding hydrogens is 230 g/mol. The molecule has 0 saturated heterocycles. The van der Waals surface area contributed by atoms with Gasteiger partial charge in [-0.1, -0.05) is 38.2 Å². The predicted molar refractivity (Wildman–Crippen MR) is 76.5 cm³/mol. The fraction of sp³-hybridized carbons (Fsp3) is 0.500. The lowest BCUT2D eigenvalue weighted by Gasteiger charge is -2.08. The summed E-state index contributed by atoms with van der Waals surface area (Å²) in [5.74, 6) is 1.66. The van der Waals surface area contributed by atoms with E-state index in [1.807, 2.05) is 24.3 Å². The number of thiocarbonyl (C=S) groups is 1. The molecule has 1 rings (SSSR count). The Balaban J connectivity index is 2.32. The molecule has 0 aliphatic carbocycles. The van der Waals surface area contributed by atoms with Crippen LogP contribution >= 0.6 is 12.2 Å². The van der Waals surface area contributed by atoms with Crippen LogP contribution in [0.2, 0.25) is 0 Å². The second-order valence-electron chi connectivity index (χ2n) is 4.67. The molecule has 0 aromatic heterocycles. The van der Waals surface area contributed by atoms with Gasteiger partial charge in [0, 0.05) is 6.42 Å². The largest absolute Gasteiger partial charge is 0.494 e. The predicted octanol–water partition coefficient (Wildman–Crippen LogP) is 3.33. The molecule has 17 heavy (non-hydrogen) atoms. The minimum Gasteiger partial charge on any atom is -0.494 e. The third-order valence-electron chi connectivity index (χ3n) is 2.50. The molecule has 0 unspecified atom stereocenters. The van der Waals surface area contributed by atoms with Gasteiger partial charge in [0.2, 0.25) is 0 Å². The van der Waals surface area contributed by atoms with Gasteiger partial charge < -0.3 is 10.5 Å². The van der Waals surface area contributed by atoms with Crippen LogP contribution in [-0.2, 0) is 6.42 Å². The van der Waals surface area contributed by atoms with E-state index >= 15 is 0 Å². The second kappa shape index (κ2) is 7.28. The van der Waals surface area contributed by atoms with Crippen molar-refractivity contribution in [3.63, 3.8) is 0 Å². The minimum absolute atomic E-state index is 0.524. The molecule has 1 aromatic rings. The van der Waals surface area contributed by atoms with Crippen LogP contribution in [0.3, 0.4) is 0 Å². The lowest BCUT2D eigenvalue weighted by atomic mass is 10.1. The zero-order valence-electron chi connectivity index (χ0n) is 10.6. The summed E-state index contributed by atoms with van der Waals surface area (Å²) >= 11 is 4.87. The van der Waals surface area contributed by atoms with Gasteiger partial charge >= 0.3 is 0 Å². The van der Waals surface area contributed by atoms with Crippen molar-refractivity contribution in [3.05, 3.63) is 29.8 Å². The highest BCUT2D eigenvalue weighted by Gasteiger charge is 1.98. The van der Waals surface area contributed by atoms with Crippen molar-refractivity contribution in [2.24, 2.45) is 11.7 Å². The van der Waals surface area contributed by atoms with Crippen LogP contribution in [0.15, 0.2) is 24.3 Å². The van der Waals surface area contributed by atoms with Crippen molar-refractivity contribution in [1.82, 2.24) is 0 Å². The highest BCUT2D eigenvalue weighted by Crippen LogP contribution is 2.13. The maximum absolute atomic E-state index is 5.65. The molecule has 0 amide bonds. The normalized spacial score (nSPS) is 10.5. The Labute approximate surface area is 109 Å². The highest BCUT2D eigenvalue weighted by molar-refractivity contribution is 7.80. The molecule has 0 spiro atoms. The first-order chi connectivity index (χ1) is 8.08. The van der Waals surface area contributed by atoms with Gasteiger partial charge in [0.25, 0.3) is 0 Å². The number of rotatable bonds is 7. The van der Waals surface area contributed by atoms with E-state index in [9.17, 15) is 0 Å². The van der Waals surface area contributed by atoms with E-state index in [1.54, 1.807) is 0 Å². The zero-order valence-corrected chi connectivity index (χ0v) is 11.4. The Morgan fingerprint density at radius 2 is 1.94 bits per heavy atom. The summed E-state index contributed by atoms with van der Waals surface area (Å²) in [6, 6.07) is 7.97. The maximum Gasteiger partial charge on any atom is 0.119 e.